The molecule has 11 rings (SSSR count). The number of fused-ring (bicyclic) bond motifs is 7. The lowest BCUT2D eigenvalue weighted by molar-refractivity contribution is -0.410. The molecule has 0 aromatic heterocycles. The summed E-state index contributed by atoms with van der Waals surface area (Å²) in [5, 5.41) is 188. The fourth-order valence-corrected chi connectivity index (χ4v) is 17.3. The van der Waals surface area contributed by atoms with E-state index < -0.39 is 205 Å². The van der Waals surface area contributed by atoms with E-state index in [1.807, 2.05) is 0 Å². The van der Waals surface area contributed by atoms with Gasteiger partial charge in [-0.05, 0) is 85.9 Å². The first-order chi connectivity index (χ1) is 39.9. The Hall–Kier alpha value is -1.16. The molecule has 0 radical (unpaired) electrons. The molecule has 1 spiro atoms. The van der Waals surface area contributed by atoms with E-state index in [0.717, 1.165) is 44.9 Å². The SMILES string of the molecule is CC1C2C(OC13CCCCO3)C(O)C1C3CCC4CC(OC5OC(CO)C(OC6OC(CO)C(O)C(OC7OCC(O)C(O)C7O)C6OC6OC(CO)C(O)C(OC7OC(CO)C(O)C(O)C7O)C6O)C(O)C5O)C(O)CC4(C)C3CCC12C. The number of hydrogen-bond donors (Lipinski definition) is 17. The van der Waals surface area contributed by atoms with Gasteiger partial charge >= 0.3 is 0 Å². The van der Waals surface area contributed by atoms with E-state index in [4.69, 9.17) is 56.8 Å². The summed E-state index contributed by atoms with van der Waals surface area (Å²) in [5.74, 6) is -0.00104. The fourth-order valence-electron chi connectivity index (χ4n) is 17.3. The minimum Gasteiger partial charge on any atom is -0.394 e. The van der Waals surface area contributed by atoms with Gasteiger partial charge in [0.15, 0.2) is 37.2 Å². The van der Waals surface area contributed by atoms with Crippen LogP contribution in [0.5, 0.6) is 0 Å². The molecule has 29 nitrogen and oxygen atoms in total. The van der Waals surface area contributed by atoms with Gasteiger partial charge in [0, 0.05) is 18.3 Å². The number of ether oxygens (including phenoxy) is 12. The molecule has 0 aromatic rings. The summed E-state index contributed by atoms with van der Waals surface area (Å²) in [4.78, 5) is 0. The zero-order valence-corrected chi connectivity index (χ0v) is 47.2. The first-order valence-corrected chi connectivity index (χ1v) is 30.1. The molecular weight excluding hydrogens is 1120 g/mol. The highest BCUT2D eigenvalue weighted by Crippen LogP contribution is 2.71. The Bertz CT molecular complexity index is 2180. The van der Waals surface area contributed by atoms with Gasteiger partial charge in [0.1, 0.15) is 116 Å². The maximum atomic E-state index is 12.3. The van der Waals surface area contributed by atoms with Crippen LogP contribution in [0.15, 0.2) is 0 Å². The second kappa shape index (κ2) is 25.1. The van der Waals surface area contributed by atoms with Gasteiger partial charge in [-0.25, -0.2) is 0 Å². The van der Waals surface area contributed by atoms with Crippen LogP contribution >= 0.6 is 0 Å². The summed E-state index contributed by atoms with van der Waals surface area (Å²) < 4.78 is 72.6. The van der Waals surface area contributed by atoms with Crippen molar-refractivity contribution in [1.29, 1.82) is 0 Å². The molecule has 7 saturated heterocycles. The highest BCUT2D eigenvalue weighted by molar-refractivity contribution is 5.19. The Morgan fingerprint density at radius 2 is 1.04 bits per heavy atom. The second-order valence-electron chi connectivity index (χ2n) is 26.3. The van der Waals surface area contributed by atoms with Crippen molar-refractivity contribution in [2.24, 2.45) is 46.3 Å². The molecule has 84 heavy (non-hydrogen) atoms. The highest BCUT2D eigenvalue weighted by atomic mass is 16.8. The summed E-state index contributed by atoms with van der Waals surface area (Å²) in [5.41, 5.74) is -0.519. The van der Waals surface area contributed by atoms with Gasteiger partial charge in [-0.15, -0.1) is 0 Å². The van der Waals surface area contributed by atoms with Crippen LogP contribution in [0.3, 0.4) is 0 Å². The van der Waals surface area contributed by atoms with Crippen LogP contribution in [-0.4, -0.2) is 304 Å². The zero-order chi connectivity index (χ0) is 60.2. The molecule has 0 aromatic carbocycles. The number of aliphatic hydroxyl groups is 17. The van der Waals surface area contributed by atoms with Crippen molar-refractivity contribution in [2.75, 3.05) is 39.6 Å². The lowest BCUT2D eigenvalue weighted by atomic mass is 9.44. The monoisotopic (exact) mass is 1210 g/mol. The Morgan fingerprint density at radius 1 is 0.464 bits per heavy atom. The molecule has 4 saturated carbocycles. The lowest BCUT2D eigenvalue weighted by Crippen LogP contribution is -2.69. The maximum Gasteiger partial charge on any atom is 0.187 e. The topological polar surface area (TPSA) is 455 Å². The van der Waals surface area contributed by atoms with Gasteiger partial charge in [0.05, 0.1) is 64.1 Å². The molecule has 7 heterocycles. The molecule has 37 unspecified atom stereocenters. The summed E-state index contributed by atoms with van der Waals surface area (Å²) in [6, 6.07) is 0. The van der Waals surface area contributed by atoms with E-state index in [2.05, 4.69) is 20.8 Å². The van der Waals surface area contributed by atoms with Crippen molar-refractivity contribution in [2.45, 2.75) is 256 Å². The third-order valence-corrected chi connectivity index (χ3v) is 21.8. The highest BCUT2D eigenvalue weighted by Gasteiger charge is 2.73. The van der Waals surface area contributed by atoms with Crippen molar-refractivity contribution in [1.82, 2.24) is 0 Å². The smallest absolute Gasteiger partial charge is 0.187 e. The largest absolute Gasteiger partial charge is 0.394 e. The number of aliphatic hydroxyl groups excluding tert-OH is 17. The third-order valence-electron chi connectivity index (χ3n) is 21.8. The van der Waals surface area contributed by atoms with E-state index in [0.29, 0.717) is 19.4 Å². The average Bonchev–Trinajstić information content (AvgIpc) is 1.50. The molecule has 11 aliphatic rings. The molecule has 29 heteroatoms. The van der Waals surface area contributed by atoms with E-state index in [-0.39, 0.29) is 52.4 Å². The summed E-state index contributed by atoms with van der Waals surface area (Å²) in [6.07, 6.45) is -41.4. The quantitative estimate of drug-likeness (QED) is 0.0719. The zero-order valence-electron chi connectivity index (χ0n) is 47.2. The van der Waals surface area contributed by atoms with Crippen LogP contribution in [0.1, 0.15) is 78.6 Å². The molecule has 4 aliphatic carbocycles. The third kappa shape index (κ3) is 11.0. The van der Waals surface area contributed by atoms with Crippen molar-refractivity contribution < 1.29 is 144 Å². The van der Waals surface area contributed by atoms with Gasteiger partial charge in [0.2, 0.25) is 0 Å². The number of hydrogen-bond acceptors (Lipinski definition) is 29. The Balaban J connectivity index is 0.800. The van der Waals surface area contributed by atoms with E-state index in [1.165, 1.54) is 0 Å². The Labute approximate surface area is 484 Å². The van der Waals surface area contributed by atoms with Crippen LogP contribution in [0.25, 0.3) is 0 Å². The van der Waals surface area contributed by atoms with Gasteiger partial charge < -0.3 is 144 Å². The molecule has 0 bridgehead atoms. The normalized spacial score (nSPS) is 57.7. The molecule has 484 valence electrons. The Kier molecular flexibility index (Phi) is 19.3. The molecule has 17 N–H and O–H groups in total. The van der Waals surface area contributed by atoms with Gasteiger partial charge in [-0.3, -0.25) is 0 Å². The lowest BCUT2D eigenvalue weighted by Gasteiger charge is -2.62. The molecule has 0 amide bonds. The van der Waals surface area contributed by atoms with Gasteiger partial charge in [-0.2, -0.15) is 0 Å². The predicted molar refractivity (Wildman–Crippen MR) is 273 cm³/mol. The van der Waals surface area contributed by atoms with Gasteiger partial charge in [-0.1, -0.05) is 20.8 Å². The summed E-state index contributed by atoms with van der Waals surface area (Å²) in [7, 11) is 0. The van der Waals surface area contributed by atoms with Crippen molar-refractivity contribution in [3.8, 4) is 0 Å². The molecule has 37 atom stereocenters. The van der Waals surface area contributed by atoms with E-state index in [9.17, 15) is 86.8 Å². The van der Waals surface area contributed by atoms with Crippen molar-refractivity contribution in [3.63, 3.8) is 0 Å². The van der Waals surface area contributed by atoms with E-state index in [1.54, 1.807) is 0 Å². The van der Waals surface area contributed by atoms with Gasteiger partial charge in [0.25, 0.3) is 0 Å². The van der Waals surface area contributed by atoms with Crippen LogP contribution < -0.4 is 0 Å². The molecule has 7 aliphatic heterocycles. The van der Waals surface area contributed by atoms with Crippen LogP contribution in [0.4, 0.5) is 0 Å². The minimum absolute atomic E-state index is 0.00186. The van der Waals surface area contributed by atoms with Crippen molar-refractivity contribution in [3.05, 3.63) is 0 Å². The van der Waals surface area contributed by atoms with Crippen LogP contribution in [-0.2, 0) is 56.8 Å². The molecule has 11 fully saturated rings. The first kappa shape index (κ1) is 64.4. The molecular formula is C55H90O29. The summed E-state index contributed by atoms with van der Waals surface area (Å²) >= 11 is 0. The van der Waals surface area contributed by atoms with Crippen LogP contribution in [0.2, 0.25) is 0 Å². The number of rotatable bonds is 14. The Morgan fingerprint density at radius 3 is 1.70 bits per heavy atom. The second-order valence-corrected chi connectivity index (χ2v) is 26.3. The predicted octanol–water partition coefficient (Wildman–Crippen LogP) is -6.75. The first-order valence-electron chi connectivity index (χ1n) is 30.1. The minimum atomic E-state index is -2.21. The summed E-state index contributed by atoms with van der Waals surface area (Å²) in [6.45, 7) is 3.04. The van der Waals surface area contributed by atoms with Crippen LogP contribution in [0, 0.1) is 46.3 Å². The van der Waals surface area contributed by atoms with E-state index >= 15 is 0 Å². The fraction of sp³-hybridized carbons (Fsp3) is 1.00. The maximum absolute atomic E-state index is 12.3. The van der Waals surface area contributed by atoms with Crippen molar-refractivity contribution >= 4 is 0 Å². The standard InChI is InChI=1S/C55H90O29/c1-19-30-44(84-55(19)9-4-5-11-74-55)36(66)31-21-7-6-20-12-25(23(60)13-54(20,3)22(21)8-10-53(30,31)2)75-49-41(71)38(68)43(29(17-59)79-49)80-52-47(46(35(65)28(16-58)78-52)82-48-39(69)32(62)24(61)18-73-48)83-51-42(72)45(34(64)27(15-57)77-51)81-50-40(70)37(67)33(63)26(14-56)76-50/h19-52,56-72H,4-18H2,1-3H3. The average molecular weight is 1220 g/mol.